The molecule has 280 valence electrons. The van der Waals surface area contributed by atoms with Gasteiger partial charge in [0.05, 0.1) is 5.08 Å². The topological polar surface area (TPSA) is 9.72 Å². The van der Waals surface area contributed by atoms with Gasteiger partial charge < -0.3 is 14.7 Å². The van der Waals surface area contributed by atoms with Crippen LogP contribution in [0.3, 0.4) is 0 Å². The second-order valence-corrected chi connectivity index (χ2v) is 15.3. The van der Waals surface area contributed by atoms with E-state index in [1.165, 1.54) is 32.1 Å². The number of hydrogen-bond donors (Lipinski definition) is 0. The molecule has 0 N–H and O–H groups in total. The van der Waals surface area contributed by atoms with Gasteiger partial charge in [0.2, 0.25) is 0 Å². The van der Waals surface area contributed by atoms with Crippen LogP contribution in [-0.4, -0.2) is 81.3 Å². The smallest absolute Gasteiger partial charge is 0.136 e. The largest absolute Gasteiger partial charge is 0.364 e. The van der Waals surface area contributed by atoms with Crippen molar-refractivity contribution < 1.29 is 0 Å². The summed E-state index contributed by atoms with van der Waals surface area (Å²) in [4.78, 5) is 5.78. The predicted molar refractivity (Wildman–Crippen MR) is 249 cm³/mol. The number of nitrogens with zero attached hydrogens (tertiary/aromatic N) is 3. The first-order valence-corrected chi connectivity index (χ1v) is 21.2. The van der Waals surface area contributed by atoms with Gasteiger partial charge in [0.15, 0.2) is 0 Å². The molecule has 0 spiro atoms. The van der Waals surface area contributed by atoms with Crippen LogP contribution in [0, 0.1) is 0 Å². The zero-order chi connectivity index (χ0) is 38.6. The summed E-state index contributed by atoms with van der Waals surface area (Å²) in [5.41, 5.74) is 0. The standard InChI is InChI=1S/C7H14N2S4.3C6H6.C4H9NS2.2C4H10.C3H8/c1-8(2)6(10)12-5-13-7(11)9(3)4;3*1-2-4-6-5-3-1;1-5(2)4(6)7-3;2*1-3-4-2;1-3-2/h5H2,1-4H3;3*1-6H;1-3H3;2*3-4H2,1-2H3;3H2,1-2H3. The summed E-state index contributed by atoms with van der Waals surface area (Å²) in [5.74, 6) is 0. The molecular weight excluding hydrogens is 715 g/mol. The monoisotopic (exact) mass is 783 g/mol. The zero-order valence-electron chi connectivity index (χ0n) is 32.9. The van der Waals surface area contributed by atoms with Crippen molar-refractivity contribution in [1.29, 1.82) is 0 Å². The predicted octanol–water partition coefficient (Wildman–Crippen LogP) is 13.4. The first-order valence-electron chi connectivity index (χ1n) is 16.8. The second-order valence-electron chi connectivity index (χ2n) is 10.3. The summed E-state index contributed by atoms with van der Waals surface area (Å²) in [6, 6.07) is 36.0. The molecule has 0 saturated carbocycles. The van der Waals surface area contributed by atoms with Crippen molar-refractivity contribution >= 4 is 84.9 Å². The Labute approximate surface area is 333 Å². The number of rotatable bonds is 4. The summed E-state index contributed by atoms with van der Waals surface area (Å²) in [6.45, 7) is 13.0. The normalized spacial score (nSPS) is 8.27. The molecule has 3 rings (SSSR count). The highest BCUT2D eigenvalue weighted by Crippen LogP contribution is 2.17. The van der Waals surface area contributed by atoms with Crippen LogP contribution in [0.2, 0.25) is 0 Å². The minimum Gasteiger partial charge on any atom is -0.364 e. The van der Waals surface area contributed by atoms with Crippen LogP contribution >= 0.6 is 71.9 Å². The first-order chi connectivity index (χ1) is 23.4. The Kier molecular flexibility index (Phi) is 58.8. The van der Waals surface area contributed by atoms with Crippen LogP contribution in [0.15, 0.2) is 109 Å². The third-order valence-corrected chi connectivity index (χ3v) is 9.82. The van der Waals surface area contributed by atoms with Crippen molar-refractivity contribution in [3.05, 3.63) is 109 Å². The average Bonchev–Trinajstić information content (AvgIpc) is 3.14. The van der Waals surface area contributed by atoms with Gasteiger partial charge >= 0.3 is 0 Å². The summed E-state index contributed by atoms with van der Waals surface area (Å²) in [5, 5.41) is 0.883. The molecule has 3 aromatic carbocycles. The molecule has 0 aliphatic rings. The van der Waals surface area contributed by atoms with E-state index in [1.807, 2.05) is 172 Å². The van der Waals surface area contributed by atoms with Crippen LogP contribution in [0.4, 0.5) is 0 Å². The van der Waals surface area contributed by atoms with Crippen LogP contribution in [0.5, 0.6) is 0 Å². The van der Waals surface area contributed by atoms with Gasteiger partial charge in [-0.05, 0) is 6.26 Å². The molecule has 0 amide bonds. The van der Waals surface area contributed by atoms with E-state index in [0.29, 0.717) is 0 Å². The van der Waals surface area contributed by atoms with Crippen LogP contribution in [-0.2, 0) is 0 Å². The highest BCUT2D eigenvalue weighted by Gasteiger charge is 2.03. The molecule has 0 radical (unpaired) electrons. The van der Waals surface area contributed by atoms with Crippen molar-refractivity contribution in [2.45, 2.75) is 73.6 Å². The minimum atomic E-state index is 0.883. The molecule has 0 atom stereocenters. The Morgan fingerprint density at radius 1 is 0.388 bits per heavy atom. The minimum absolute atomic E-state index is 0.883. The molecule has 0 aliphatic carbocycles. The van der Waals surface area contributed by atoms with Crippen LogP contribution < -0.4 is 0 Å². The molecule has 9 heteroatoms. The van der Waals surface area contributed by atoms with E-state index in [4.69, 9.17) is 36.7 Å². The molecular formula is C40H69N3S6. The van der Waals surface area contributed by atoms with Gasteiger partial charge in [0, 0.05) is 42.3 Å². The third-order valence-electron chi connectivity index (χ3n) is 4.63. The average molecular weight is 784 g/mol. The van der Waals surface area contributed by atoms with E-state index in [0.717, 1.165) is 18.0 Å². The van der Waals surface area contributed by atoms with Crippen molar-refractivity contribution in [3.8, 4) is 0 Å². The molecule has 0 fully saturated rings. The number of unbranched alkanes of at least 4 members (excludes halogenated alkanes) is 2. The lowest BCUT2D eigenvalue weighted by Gasteiger charge is -2.14. The van der Waals surface area contributed by atoms with Crippen molar-refractivity contribution in [2.75, 3.05) is 53.6 Å². The fourth-order valence-electron chi connectivity index (χ4n) is 1.73. The first kappa shape index (κ1) is 56.7. The molecule has 3 aromatic rings. The van der Waals surface area contributed by atoms with E-state index in [2.05, 4.69) is 41.5 Å². The molecule has 49 heavy (non-hydrogen) atoms. The fourth-order valence-corrected chi connectivity index (χ4v) is 4.52. The van der Waals surface area contributed by atoms with Crippen LogP contribution in [0.25, 0.3) is 0 Å². The Morgan fingerprint density at radius 2 is 0.551 bits per heavy atom. The fraction of sp³-hybridized carbons (Fsp3) is 0.475. The van der Waals surface area contributed by atoms with E-state index in [1.54, 1.807) is 35.3 Å². The maximum Gasteiger partial charge on any atom is 0.136 e. The Bertz CT molecular complexity index is 823. The van der Waals surface area contributed by atoms with Crippen molar-refractivity contribution in [3.63, 3.8) is 0 Å². The van der Waals surface area contributed by atoms with Crippen LogP contribution in [0.1, 0.15) is 73.6 Å². The Morgan fingerprint density at radius 3 is 0.633 bits per heavy atom. The second kappa shape index (κ2) is 50.8. The SMILES string of the molecule is CCC.CCCC.CCCC.CN(C)C(=S)SCSC(=S)N(C)C.CSC(=S)N(C)C.c1ccccc1.c1ccccc1.c1ccccc1. The number of thiocarbonyl (C=S) groups is 3. The summed E-state index contributed by atoms with van der Waals surface area (Å²) in [6.07, 6.45) is 8.50. The lowest BCUT2D eigenvalue weighted by Crippen LogP contribution is -2.18. The van der Waals surface area contributed by atoms with E-state index >= 15 is 0 Å². The van der Waals surface area contributed by atoms with Gasteiger partial charge in [-0.25, -0.2) is 0 Å². The molecule has 0 aromatic heterocycles. The van der Waals surface area contributed by atoms with Crippen molar-refractivity contribution in [1.82, 2.24) is 14.7 Å². The van der Waals surface area contributed by atoms with Gasteiger partial charge in [-0.1, -0.05) is 243 Å². The van der Waals surface area contributed by atoms with Gasteiger partial charge in [0.25, 0.3) is 0 Å². The van der Waals surface area contributed by atoms with Gasteiger partial charge in [0.1, 0.15) is 13.0 Å². The maximum atomic E-state index is 5.11. The lowest BCUT2D eigenvalue weighted by atomic mass is 10.4. The zero-order valence-corrected chi connectivity index (χ0v) is 37.8. The van der Waals surface area contributed by atoms with E-state index in [9.17, 15) is 0 Å². The number of thioether (sulfide) groups is 3. The highest BCUT2D eigenvalue weighted by molar-refractivity contribution is 8.35. The lowest BCUT2D eigenvalue weighted by molar-refractivity contribution is 0.647. The maximum absolute atomic E-state index is 5.11. The van der Waals surface area contributed by atoms with E-state index < -0.39 is 0 Å². The number of benzene rings is 3. The molecule has 0 bridgehead atoms. The van der Waals surface area contributed by atoms with Gasteiger partial charge in [-0.15, -0.1) is 11.8 Å². The quantitative estimate of drug-likeness (QED) is 0.187. The highest BCUT2D eigenvalue weighted by atomic mass is 32.2. The molecule has 0 aliphatic heterocycles. The number of hydrogen-bond acceptors (Lipinski definition) is 6. The molecule has 0 heterocycles. The molecule has 0 unspecified atom stereocenters. The summed E-state index contributed by atoms with van der Waals surface area (Å²) >= 11 is 20.0. The molecule has 3 nitrogen and oxygen atoms in total. The molecule has 0 saturated heterocycles. The van der Waals surface area contributed by atoms with Gasteiger partial charge in [-0.2, -0.15) is 0 Å². The Balaban J connectivity index is -0.000000157. The Hall–Kier alpha value is -1.62. The van der Waals surface area contributed by atoms with E-state index in [-0.39, 0.29) is 0 Å². The van der Waals surface area contributed by atoms with Gasteiger partial charge in [-0.3, -0.25) is 0 Å². The summed E-state index contributed by atoms with van der Waals surface area (Å²) < 4.78 is 2.73. The van der Waals surface area contributed by atoms with Crippen molar-refractivity contribution in [2.24, 2.45) is 0 Å². The summed E-state index contributed by atoms with van der Waals surface area (Å²) in [7, 11) is 11.7. The third kappa shape index (κ3) is 62.0.